The number of carbonyl (C=O) groups excluding carboxylic acids is 1. The highest BCUT2D eigenvalue weighted by atomic mass is 16.2. The number of carbonyl (C=O) groups is 1. The molecule has 3 nitrogen and oxygen atoms in total. The first-order chi connectivity index (χ1) is 5.96. The van der Waals surface area contributed by atoms with Crippen molar-refractivity contribution in [1.29, 1.82) is 0 Å². The van der Waals surface area contributed by atoms with Crippen LogP contribution < -0.4 is 5.32 Å². The summed E-state index contributed by atoms with van der Waals surface area (Å²) in [6, 6.07) is 0.00709. The highest BCUT2D eigenvalue weighted by molar-refractivity contribution is 5.83. The van der Waals surface area contributed by atoms with E-state index in [1.165, 1.54) is 0 Å². The summed E-state index contributed by atoms with van der Waals surface area (Å²) in [5, 5.41) is 3.14. The summed E-state index contributed by atoms with van der Waals surface area (Å²) >= 11 is 0. The Kier molecular flexibility index (Phi) is 2.96. The SMILES string of the molecule is CCC(C)(C)CN1CNC(C)C1=O. The van der Waals surface area contributed by atoms with Gasteiger partial charge in [0.25, 0.3) is 0 Å². The van der Waals surface area contributed by atoms with Gasteiger partial charge >= 0.3 is 0 Å². The fourth-order valence-electron chi connectivity index (χ4n) is 1.45. The van der Waals surface area contributed by atoms with Crippen LogP contribution in [0.5, 0.6) is 0 Å². The first-order valence-corrected chi connectivity index (χ1v) is 4.98. The maximum absolute atomic E-state index is 11.6. The van der Waals surface area contributed by atoms with Gasteiger partial charge in [-0.1, -0.05) is 20.8 Å². The van der Waals surface area contributed by atoms with E-state index in [0.717, 1.165) is 13.0 Å². The van der Waals surface area contributed by atoms with Gasteiger partial charge < -0.3 is 4.90 Å². The molecule has 76 valence electrons. The van der Waals surface area contributed by atoms with Gasteiger partial charge in [0.05, 0.1) is 12.7 Å². The highest BCUT2D eigenvalue weighted by Crippen LogP contribution is 2.22. The van der Waals surface area contributed by atoms with Crippen LogP contribution in [-0.2, 0) is 4.79 Å². The standard InChI is InChI=1S/C10H20N2O/c1-5-10(3,4)6-12-7-11-8(2)9(12)13/h8,11H,5-7H2,1-4H3. The van der Waals surface area contributed by atoms with Crippen LogP contribution in [0.4, 0.5) is 0 Å². The number of hydrogen-bond donors (Lipinski definition) is 1. The molecule has 0 spiro atoms. The minimum absolute atomic E-state index is 0.00709. The van der Waals surface area contributed by atoms with Crippen molar-refractivity contribution in [1.82, 2.24) is 10.2 Å². The van der Waals surface area contributed by atoms with Gasteiger partial charge in [0.1, 0.15) is 0 Å². The van der Waals surface area contributed by atoms with Crippen LogP contribution in [0.2, 0.25) is 0 Å². The van der Waals surface area contributed by atoms with Gasteiger partial charge in [0, 0.05) is 6.54 Å². The zero-order chi connectivity index (χ0) is 10.1. The van der Waals surface area contributed by atoms with Crippen LogP contribution >= 0.6 is 0 Å². The molecule has 1 rings (SSSR count). The Morgan fingerprint density at radius 2 is 2.23 bits per heavy atom. The van der Waals surface area contributed by atoms with Crippen molar-refractivity contribution < 1.29 is 4.79 Å². The molecule has 0 aromatic carbocycles. The molecule has 1 saturated heterocycles. The van der Waals surface area contributed by atoms with Crippen molar-refractivity contribution in [2.45, 2.75) is 40.2 Å². The molecule has 1 aliphatic heterocycles. The second-order valence-corrected chi connectivity index (χ2v) is 4.64. The molecular formula is C10H20N2O. The molecule has 13 heavy (non-hydrogen) atoms. The summed E-state index contributed by atoms with van der Waals surface area (Å²) in [5.41, 5.74) is 0.238. The van der Waals surface area contributed by atoms with Crippen LogP contribution in [0.1, 0.15) is 34.1 Å². The second-order valence-electron chi connectivity index (χ2n) is 4.64. The van der Waals surface area contributed by atoms with Gasteiger partial charge in [-0.25, -0.2) is 0 Å². The monoisotopic (exact) mass is 184 g/mol. The molecule has 1 amide bonds. The van der Waals surface area contributed by atoms with E-state index in [9.17, 15) is 4.79 Å². The quantitative estimate of drug-likeness (QED) is 0.715. The fourth-order valence-corrected chi connectivity index (χ4v) is 1.45. The van der Waals surface area contributed by atoms with Gasteiger partial charge in [-0.2, -0.15) is 0 Å². The number of nitrogens with one attached hydrogen (secondary N) is 1. The number of nitrogens with zero attached hydrogens (tertiary/aromatic N) is 1. The summed E-state index contributed by atoms with van der Waals surface area (Å²) < 4.78 is 0. The van der Waals surface area contributed by atoms with Crippen molar-refractivity contribution in [2.75, 3.05) is 13.2 Å². The lowest BCUT2D eigenvalue weighted by Crippen LogP contribution is -2.36. The Labute approximate surface area is 80.5 Å². The number of amides is 1. The molecular weight excluding hydrogens is 164 g/mol. The van der Waals surface area contributed by atoms with Crippen molar-refractivity contribution in [3.63, 3.8) is 0 Å². The molecule has 0 aromatic rings. The molecule has 1 N–H and O–H groups in total. The maximum Gasteiger partial charge on any atom is 0.240 e. The Bertz CT molecular complexity index is 201. The van der Waals surface area contributed by atoms with Crippen LogP contribution in [0.25, 0.3) is 0 Å². The van der Waals surface area contributed by atoms with Crippen molar-refractivity contribution >= 4 is 5.91 Å². The van der Waals surface area contributed by atoms with E-state index in [0.29, 0.717) is 6.67 Å². The molecule has 0 bridgehead atoms. The lowest BCUT2D eigenvalue weighted by atomic mass is 9.90. The fraction of sp³-hybridized carbons (Fsp3) is 0.900. The van der Waals surface area contributed by atoms with E-state index >= 15 is 0 Å². The van der Waals surface area contributed by atoms with Gasteiger partial charge in [-0.05, 0) is 18.8 Å². The lowest BCUT2D eigenvalue weighted by molar-refractivity contribution is -0.129. The third-order valence-corrected chi connectivity index (χ3v) is 2.85. The van der Waals surface area contributed by atoms with Crippen LogP contribution in [0.15, 0.2) is 0 Å². The van der Waals surface area contributed by atoms with Gasteiger partial charge in [0.2, 0.25) is 5.91 Å². The Morgan fingerprint density at radius 1 is 1.62 bits per heavy atom. The second kappa shape index (κ2) is 3.66. The molecule has 1 aliphatic rings. The predicted octanol–water partition coefficient (Wildman–Crippen LogP) is 1.20. The molecule has 1 heterocycles. The third-order valence-electron chi connectivity index (χ3n) is 2.85. The minimum atomic E-state index is 0.00709. The van der Waals surface area contributed by atoms with Crippen LogP contribution in [0, 0.1) is 5.41 Å². The maximum atomic E-state index is 11.6. The predicted molar refractivity (Wildman–Crippen MR) is 53.2 cm³/mol. The van der Waals surface area contributed by atoms with E-state index in [4.69, 9.17) is 0 Å². The van der Waals surface area contributed by atoms with E-state index in [-0.39, 0.29) is 17.4 Å². The molecule has 0 aromatic heterocycles. The summed E-state index contributed by atoms with van der Waals surface area (Å²) in [6.07, 6.45) is 1.10. The largest absolute Gasteiger partial charge is 0.328 e. The van der Waals surface area contributed by atoms with Gasteiger partial charge in [0.15, 0.2) is 0 Å². The average Bonchev–Trinajstić information content (AvgIpc) is 2.36. The van der Waals surface area contributed by atoms with Crippen molar-refractivity contribution in [3.8, 4) is 0 Å². The lowest BCUT2D eigenvalue weighted by Gasteiger charge is -2.28. The number of rotatable bonds is 3. The Morgan fingerprint density at radius 3 is 2.62 bits per heavy atom. The third kappa shape index (κ3) is 2.44. The van der Waals surface area contributed by atoms with Gasteiger partial charge in [-0.3, -0.25) is 10.1 Å². The molecule has 0 aliphatic carbocycles. The van der Waals surface area contributed by atoms with Gasteiger partial charge in [-0.15, -0.1) is 0 Å². The topological polar surface area (TPSA) is 32.3 Å². The molecule has 0 radical (unpaired) electrons. The normalized spacial score (nSPS) is 24.2. The Balaban J connectivity index is 2.51. The summed E-state index contributed by atoms with van der Waals surface area (Å²) in [4.78, 5) is 13.5. The molecule has 0 saturated carbocycles. The van der Waals surface area contributed by atoms with E-state index < -0.39 is 0 Å². The van der Waals surface area contributed by atoms with E-state index in [2.05, 4.69) is 26.1 Å². The summed E-state index contributed by atoms with van der Waals surface area (Å²) in [7, 11) is 0. The van der Waals surface area contributed by atoms with E-state index in [1.807, 2.05) is 11.8 Å². The zero-order valence-corrected chi connectivity index (χ0v) is 9.05. The van der Waals surface area contributed by atoms with Crippen LogP contribution in [0.3, 0.4) is 0 Å². The molecule has 3 heteroatoms. The first kappa shape index (κ1) is 10.5. The number of hydrogen-bond acceptors (Lipinski definition) is 2. The average molecular weight is 184 g/mol. The summed E-state index contributed by atoms with van der Waals surface area (Å²) in [5.74, 6) is 0.238. The molecule has 1 unspecified atom stereocenters. The van der Waals surface area contributed by atoms with Crippen LogP contribution in [-0.4, -0.2) is 30.1 Å². The smallest absolute Gasteiger partial charge is 0.240 e. The Hall–Kier alpha value is -0.570. The minimum Gasteiger partial charge on any atom is -0.328 e. The first-order valence-electron chi connectivity index (χ1n) is 4.98. The highest BCUT2D eigenvalue weighted by Gasteiger charge is 2.30. The summed E-state index contributed by atoms with van der Waals surface area (Å²) in [6.45, 7) is 10.0. The molecule has 1 atom stereocenters. The molecule has 1 fully saturated rings. The zero-order valence-electron chi connectivity index (χ0n) is 9.05. The van der Waals surface area contributed by atoms with E-state index in [1.54, 1.807) is 0 Å². The van der Waals surface area contributed by atoms with Crippen molar-refractivity contribution in [3.05, 3.63) is 0 Å². The van der Waals surface area contributed by atoms with Crippen molar-refractivity contribution in [2.24, 2.45) is 5.41 Å².